The van der Waals surface area contributed by atoms with Gasteiger partial charge in [-0.25, -0.2) is 4.79 Å². The lowest BCUT2D eigenvalue weighted by Crippen LogP contribution is -2.47. The second kappa shape index (κ2) is 4.51. The molecule has 3 rings (SSSR count). The zero-order chi connectivity index (χ0) is 11.7. The van der Waals surface area contributed by atoms with E-state index in [0.29, 0.717) is 11.4 Å². The number of carbonyl (C=O) groups excluding carboxylic acids is 1. The summed E-state index contributed by atoms with van der Waals surface area (Å²) < 4.78 is 0. The largest absolute Gasteiger partial charge is 0.325 e. The molecule has 2 saturated heterocycles. The molecule has 3 fully saturated rings. The molecule has 0 unspecified atom stereocenters. The van der Waals surface area contributed by atoms with Crippen molar-refractivity contribution in [3.63, 3.8) is 0 Å². The molecule has 2 amide bonds. The highest BCUT2D eigenvalue weighted by Crippen LogP contribution is 2.46. The van der Waals surface area contributed by atoms with E-state index in [1.807, 2.05) is 4.90 Å². The predicted octanol–water partition coefficient (Wildman–Crippen LogP) is 2.86. The highest BCUT2D eigenvalue weighted by Gasteiger charge is 2.38. The van der Waals surface area contributed by atoms with Crippen molar-refractivity contribution in [3.8, 4) is 0 Å². The summed E-state index contributed by atoms with van der Waals surface area (Å²) in [5.41, 5.74) is 0.627. The van der Waals surface area contributed by atoms with Crippen molar-refractivity contribution in [1.82, 2.24) is 9.80 Å². The Morgan fingerprint density at radius 2 is 1.24 bits per heavy atom. The Labute approximate surface area is 104 Å². The Kier molecular flexibility index (Phi) is 3.01. The number of piperidine rings is 1. The molecule has 96 valence electrons. The molecular formula is C14H24N2O. The van der Waals surface area contributed by atoms with E-state index in [-0.39, 0.29) is 0 Å². The van der Waals surface area contributed by atoms with Crippen LogP contribution in [-0.4, -0.2) is 42.0 Å². The average Bonchev–Trinajstić information content (AvgIpc) is 3.01. The van der Waals surface area contributed by atoms with Gasteiger partial charge in [-0.1, -0.05) is 12.8 Å². The minimum Gasteiger partial charge on any atom is -0.325 e. The molecular weight excluding hydrogens is 212 g/mol. The third-order valence-electron chi connectivity index (χ3n) is 5.14. The number of amides is 2. The zero-order valence-corrected chi connectivity index (χ0v) is 10.8. The third-order valence-corrected chi connectivity index (χ3v) is 5.14. The lowest BCUT2D eigenvalue weighted by atomic mass is 9.77. The standard InChI is InChI=1S/C14H24N2O/c17-13(15-9-3-4-10-15)16-11-7-14(8-12-16)5-1-2-6-14/h1-12H2. The number of nitrogens with zero attached hydrogens (tertiary/aromatic N) is 2. The molecule has 2 aliphatic heterocycles. The smallest absolute Gasteiger partial charge is 0.319 e. The van der Waals surface area contributed by atoms with Crippen LogP contribution in [0.25, 0.3) is 0 Å². The van der Waals surface area contributed by atoms with E-state index in [1.165, 1.54) is 51.4 Å². The fourth-order valence-corrected chi connectivity index (χ4v) is 3.91. The Morgan fingerprint density at radius 1 is 0.706 bits per heavy atom. The second-order valence-electron chi connectivity index (χ2n) is 6.17. The maximum Gasteiger partial charge on any atom is 0.319 e. The van der Waals surface area contributed by atoms with Gasteiger partial charge in [-0.2, -0.15) is 0 Å². The Morgan fingerprint density at radius 3 is 1.82 bits per heavy atom. The first-order chi connectivity index (χ1) is 8.29. The highest BCUT2D eigenvalue weighted by atomic mass is 16.2. The van der Waals surface area contributed by atoms with E-state index in [4.69, 9.17) is 0 Å². The molecule has 0 aromatic heterocycles. The molecule has 3 aliphatic rings. The second-order valence-corrected chi connectivity index (χ2v) is 6.17. The molecule has 1 aliphatic carbocycles. The molecule has 3 heteroatoms. The summed E-state index contributed by atoms with van der Waals surface area (Å²) in [6.07, 6.45) is 10.6. The fourth-order valence-electron chi connectivity index (χ4n) is 3.91. The summed E-state index contributed by atoms with van der Waals surface area (Å²) in [6.45, 7) is 3.99. The number of hydrogen-bond acceptors (Lipinski definition) is 1. The normalized spacial score (nSPS) is 28.0. The van der Waals surface area contributed by atoms with E-state index in [1.54, 1.807) is 0 Å². The Balaban J connectivity index is 1.55. The van der Waals surface area contributed by atoms with Gasteiger partial charge in [0.25, 0.3) is 0 Å². The molecule has 0 atom stereocenters. The number of rotatable bonds is 0. The van der Waals surface area contributed by atoms with Gasteiger partial charge in [-0.15, -0.1) is 0 Å². The van der Waals surface area contributed by atoms with Gasteiger partial charge in [0.15, 0.2) is 0 Å². The predicted molar refractivity (Wildman–Crippen MR) is 67.9 cm³/mol. The van der Waals surface area contributed by atoms with Crippen molar-refractivity contribution >= 4 is 6.03 Å². The van der Waals surface area contributed by atoms with Crippen LogP contribution < -0.4 is 0 Å². The molecule has 0 bridgehead atoms. The first-order valence-corrected chi connectivity index (χ1v) is 7.33. The maximum absolute atomic E-state index is 12.3. The Bertz CT molecular complexity index is 281. The monoisotopic (exact) mass is 236 g/mol. The van der Waals surface area contributed by atoms with Gasteiger partial charge in [0.05, 0.1) is 0 Å². The molecule has 3 nitrogen and oxygen atoms in total. The summed E-state index contributed by atoms with van der Waals surface area (Å²) in [6, 6.07) is 0.315. The van der Waals surface area contributed by atoms with Gasteiger partial charge in [0.1, 0.15) is 0 Å². The lowest BCUT2D eigenvalue weighted by molar-refractivity contribution is 0.103. The van der Waals surface area contributed by atoms with Gasteiger partial charge >= 0.3 is 6.03 Å². The van der Waals surface area contributed by atoms with E-state index in [0.717, 1.165) is 26.2 Å². The van der Waals surface area contributed by atoms with E-state index < -0.39 is 0 Å². The highest BCUT2D eigenvalue weighted by molar-refractivity contribution is 5.74. The van der Waals surface area contributed by atoms with E-state index in [9.17, 15) is 4.79 Å². The van der Waals surface area contributed by atoms with Crippen molar-refractivity contribution < 1.29 is 4.79 Å². The van der Waals surface area contributed by atoms with Gasteiger partial charge < -0.3 is 9.80 Å². The summed E-state index contributed by atoms with van der Waals surface area (Å²) >= 11 is 0. The van der Waals surface area contributed by atoms with Crippen molar-refractivity contribution in [1.29, 1.82) is 0 Å². The summed E-state index contributed by atoms with van der Waals surface area (Å²) in [4.78, 5) is 16.4. The van der Waals surface area contributed by atoms with E-state index >= 15 is 0 Å². The molecule has 0 N–H and O–H groups in total. The number of carbonyl (C=O) groups is 1. The average molecular weight is 236 g/mol. The first kappa shape index (κ1) is 11.4. The van der Waals surface area contributed by atoms with Crippen LogP contribution in [0.1, 0.15) is 51.4 Å². The quantitative estimate of drug-likeness (QED) is 0.634. The number of hydrogen-bond donors (Lipinski definition) is 0. The maximum atomic E-state index is 12.3. The molecule has 0 aromatic carbocycles. The minimum atomic E-state index is 0.315. The molecule has 2 heterocycles. The van der Waals surface area contributed by atoms with Gasteiger partial charge in [-0.3, -0.25) is 0 Å². The molecule has 1 spiro atoms. The lowest BCUT2D eigenvalue weighted by Gasteiger charge is -2.40. The van der Waals surface area contributed by atoms with Crippen LogP contribution in [-0.2, 0) is 0 Å². The molecule has 0 radical (unpaired) electrons. The van der Waals surface area contributed by atoms with Gasteiger partial charge in [0.2, 0.25) is 0 Å². The molecule has 0 aromatic rings. The topological polar surface area (TPSA) is 23.6 Å². The zero-order valence-electron chi connectivity index (χ0n) is 10.8. The van der Waals surface area contributed by atoms with Crippen LogP contribution >= 0.6 is 0 Å². The molecule has 1 saturated carbocycles. The SMILES string of the molecule is O=C(N1CCCC1)N1CCC2(CCCC2)CC1. The van der Waals surface area contributed by atoms with E-state index in [2.05, 4.69) is 4.90 Å². The molecule has 17 heavy (non-hydrogen) atoms. The fraction of sp³-hybridized carbons (Fsp3) is 0.929. The summed E-state index contributed by atoms with van der Waals surface area (Å²) in [7, 11) is 0. The van der Waals surface area contributed by atoms with Crippen molar-refractivity contribution in [2.75, 3.05) is 26.2 Å². The summed E-state index contributed by atoms with van der Waals surface area (Å²) in [5, 5.41) is 0. The van der Waals surface area contributed by atoms with Crippen LogP contribution in [0.4, 0.5) is 4.79 Å². The van der Waals surface area contributed by atoms with Gasteiger partial charge in [0, 0.05) is 26.2 Å². The van der Waals surface area contributed by atoms with Crippen LogP contribution in [0.3, 0.4) is 0 Å². The first-order valence-electron chi connectivity index (χ1n) is 7.33. The van der Waals surface area contributed by atoms with Crippen LogP contribution in [0.15, 0.2) is 0 Å². The van der Waals surface area contributed by atoms with Crippen LogP contribution in [0, 0.1) is 5.41 Å². The number of likely N-dealkylation sites (tertiary alicyclic amines) is 2. The van der Waals surface area contributed by atoms with Crippen LogP contribution in [0.2, 0.25) is 0 Å². The van der Waals surface area contributed by atoms with Crippen LogP contribution in [0.5, 0.6) is 0 Å². The van der Waals surface area contributed by atoms with Crippen molar-refractivity contribution in [3.05, 3.63) is 0 Å². The minimum absolute atomic E-state index is 0.315. The third kappa shape index (κ3) is 2.16. The van der Waals surface area contributed by atoms with Crippen molar-refractivity contribution in [2.24, 2.45) is 5.41 Å². The van der Waals surface area contributed by atoms with Crippen molar-refractivity contribution in [2.45, 2.75) is 51.4 Å². The Hall–Kier alpha value is -0.730. The number of urea groups is 1. The summed E-state index contributed by atoms with van der Waals surface area (Å²) in [5.74, 6) is 0. The van der Waals surface area contributed by atoms with Gasteiger partial charge in [-0.05, 0) is 43.9 Å².